The third kappa shape index (κ3) is 65.3. The number of benzene rings is 6. The molecule has 0 aliphatic carbocycles. The van der Waals surface area contributed by atoms with E-state index in [0.29, 0.717) is 422 Å². The van der Waals surface area contributed by atoms with Crippen molar-refractivity contribution in [1.82, 2.24) is 0 Å². The number of ether oxygens (including phenoxy) is 32. The van der Waals surface area contributed by atoms with Gasteiger partial charge >= 0.3 is 0 Å². The van der Waals surface area contributed by atoms with E-state index in [-0.39, 0.29) is 0 Å². The van der Waals surface area contributed by atoms with Gasteiger partial charge in [0.05, 0.1) is 404 Å². The lowest BCUT2D eigenvalue weighted by molar-refractivity contribution is 0.00301. The fourth-order valence-corrected chi connectivity index (χ4v) is 14.3. The average Bonchev–Trinajstić information content (AvgIpc) is 0.761. The van der Waals surface area contributed by atoms with Gasteiger partial charge < -0.3 is 171 Å². The predicted octanol–water partition coefficient (Wildman–Crippen LogP) is 8.67. The van der Waals surface area contributed by atoms with Crippen LogP contribution in [0.15, 0.2) is 146 Å². The Balaban J connectivity index is 1.37. The quantitative estimate of drug-likeness (QED) is 0.0254. The highest BCUT2D eigenvalue weighted by atomic mass is 16.6. The average molecular weight is 2090 g/mol. The SMILES string of the molecule is COCCOCCOCCOCCN(CCOCCOCCOCCOC)c1ccc([C+](C=c2ccc(=c3ccc(=C[C+](c4ccc(N(CCOCCOCCOCCOC)CCOCCOCCOCCOC)cc4)c4ccc(N(CCOCCOCCOCCOC)CCOCCOCCOCCOC)cc4)cc3)cc2)c2ccc(N(CCOCCOCCOCCOC)CCOCCOCCOCCOC)cc2)cc1. The van der Waals surface area contributed by atoms with E-state index in [1.165, 1.54) is 0 Å². The Bertz CT molecular complexity index is 3560. The second-order valence-corrected chi connectivity index (χ2v) is 33.1. The van der Waals surface area contributed by atoms with Gasteiger partial charge in [0.25, 0.3) is 0 Å². The van der Waals surface area contributed by atoms with Crippen LogP contribution in [0.25, 0.3) is 12.2 Å². The van der Waals surface area contributed by atoms with Crippen molar-refractivity contribution in [3.05, 3.63) is 201 Å². The molecule has 148 heavy (non-hydrogen) atoms. The fourth-order valence-electron chi connectivity index (χ4n) is 14.3. The number of hydrogen-bond donors (Lipinski definition) is 0. The number of rotatable bonds is 106. The van der Waals surface area contributed by atoms with E-state index in [1.54, 1.807) is 56.9 Å². The van der Waals surface area contributed by atoms with E-state index in [9.17, 15) is 0 Å². The first-order valence-corrected chi connectivity index (χ1v) is 52.2. The second kappa shape index (κ2) is 94.5. The molecule has 0 atom stereocenters. The molecule has 0 aliphatic heterocycles. The van der Waals surface area contributed by atoms with E-state index in [4.69, 9.17) is 152 Å². The number of nitrogens with zero attached hydrogens (tertiary/aromatic N) is 4. The molecule has 0 amide bonds. The second-order valence-electron chi connectivity index (χ2n) is 33.1. The zero-order valence-corrected chi connectivity index (χ0v) is 90.1. The van der Waals surface area contributed by atoms with Crippen LogP contribution in [0, 0.1) is 22.3 Å². The molecule has 6 aromatic rings. The molecule has 0 aromatic heterocycles. The van der Waals surface area contributed by atoms with E-state index in [1.807, 2.05) is 0 Å². The van der Waals surface area contributed by atoms with Crippen LogP contribution >= 0.6 is 0 Å². The smallest absolute Gasteiger partial charge is 0.0701 e. The molecule has 0 N–H and O–H groups in total. The first-order chi connectivity index (χ1) is 73.4. The zero-order valence-electron chi connectivity index (χ0n) is 90.1. The molecule has 6 aromatic carbocycles. The Labute approximate surface area is 881 Å². The normalized spacial score (nSPS) is 11.5. The summed E-state index contributed by atoms with van der Waals surface area (Å²) in [6.45, 7) is 32.0. The maximum atomic E-state index is 6.17. The molecule has 0 fully saturated rings. The van der Waals surface area contributed by atoms with Gasteiger partial charge in [-0.2, -0.15) is 0 Å². The predicted molar refractivity (Wildman–Crippen MR) is 571 cm³/mol. The van der Waals surface area contributed by atoms with Crippen LogP contribution in [0.3, 0.4) is 0 Å². The van der Waals surface area contributed by atoms with E-state index < -0.39 is 0 Å². The van der Waals surface area contributed by atoms with Crippen LogP contribution in [0.5, 0.6) is 0 Å². The Hall–Kier alpha value is -7.28. The molecular formula is C112H178N4O32+2. The van der Waals surface area contributed by atoms with Gasteiger partial charge in [-0.25, -0.2) is 0 Å². The molecule has 0 spiro atoms. The van der Waals surface area contributed by atoms with Crippen molar-refractivity contribution in [2.75, 3.05) is 499 Å². The lowest BCUT2D eigenvalue weighted by atomic mass is 9.89. The Morgan fingerprint density at radius 3 is 0.378 bits per heavy atom. The summed E-state index contributed by atoms with van der Waals surface area (Å²) in [4.78, 5) is 9.17. The van der Waals surface area contributed by atoms with Gasteiger partial charge in [0, 0.05) is 155 Å². The van der Waals surface area contributed by atoms with Gasteiger partial charge in [0.2, 0.25) is 0 Å². The van der Waals surface area contributed by atoms with Crippen molar-refractivity contribution in [3.8, 4) is 0 Å². The highest BCUT2D eigenvalue weighted by Gasteiger charge is 2.24. The molecule has 0 radical (unpaired) electrons. The Kier molecular flexibility index (Phi) is 82.6. The molecular weight excluding hydrogens is 1910 g/mol. The molecule has 0 bridgehead atoms. The summed E-state index contributed by atoms with van der Waals surface area (Å²) in [6, 6.07) is 52.6. The summed E-state index contributed by atoms with van der Waals surface area (Å²) < 4.78 is 181. The van der Waals surface area contributed by atoms with Crippen molar-refractivity contribution in [2.45, 2.75) is 0 Å². The van der Waals surface area contributed by atoms with Gasteiger partial charge in [-0.1, -0.05) is 0 Å². The van der Waals surface area contributed by atoms with Gasteiger partial charge in [-0.05, 0) is 156 Å². The standard InChI is InChI=1S/C112H178N4O32/c1-117-49-57-133-81-89-141-73-65-125-41-33-113(34-42-126-66-74-142-90-82-134-58-50-118-2)107-25-17-103(18-26-107)111(104-19-27-108(28-20-104)114(35-43-127-67-75-143-91-83-135-59-51-119-3)36-44-128-68-76-144-92-84-136-60-52-120-4)97-99-9-13-101(14-10-99)102-15-11-100(12-16-102)98-112(105-21-29-109(30-22-105)115(37-45-129-69-77-145-93-85-137-61-53-121-5)38-46-130-70-78-146-94-86-138-62-54-122-6)106-23-31-110(32-24-106)116(39-47-131-71-79-147-95-87-139-63-55-123-7)40-48-132-72-80-148-96-88-140-64-56-124-8/h9-32,97-98H,33-96H2,1-8H3/q+2. The summed E-state index contributed by atoms with van der Waals surface area (Å²) in [6.07, 6.45) is 4.54. The molecule has 836 valence electrons. The van der Waals surface area contributed by atoms with E-state index >= 15 is 0 Å². The maximum absolute atomic E-state index is 6.17. The lowest BCUT2D eigenvalue weighted by Crippen LogP contribution is -2.31. The van der Waals surface area contributed by atoms with Crippen molar-refractivity contribution < 1.29 is 152 Å². The van der Waals surface area contributed by atoms with Crippen molar-refractivity contribution in [3.63, 3.8) is 0 Å². The van der Waals surface area contributed by atoms with Crippen LogP contribution in [0.4, 0.5) is 22.7 Å². The molecule has 6 rings (SSSR count). The highest BCUT2D eigenvalue weighted by Crippen LogP contribution is 2.32. The fraction of sp³-hybridized carbons (Fsp3) is 0.643. The minimum Gasteiger partial charge on any atom is -0.382 e. The minimum absolute atomic E-state index is 0.442. The molecule has 0 unspecified atom stereocenters. The van der Waals surface area contributed by atoms with Crippen molar-refractivity contribution in [2.24, 2.45) is 0 Å². The summed E-state index contributed by atoms with van der Waals surface area (Å²) in [7, 11) is 13.3. The molecule has 0 saturated carbocycles. The molecule has 0 aliphatic rings. The van der Waals surface area contributed by atoms with Crippen molar-refractivity contribution in [1.29, 1.82) is 0 Å². The van der Waals surface area contributed by atoms with Crippen LogP contribution in [-0.2, 0) is 152 Å². The Morgan fingerprint density at radius 2 is 0.257 bits per heavy atom. The first-order valence-electron chi connectivity index (χ1n) is 52.2. The molecule has 36 nitrogen and oxygen atoms in total. The topological polar surface area (TPSA) is 308 Å². The summed E-state index contributed by atoms with van der Waals surface area (Å²) in [5, 5.41) is 4.18. The van der Waals surface area contributed by atoms with Crippen molar-refractivity contribution >= 4 is 34.9 Å². The van der Waals surface area contributed by atoms with Crippen LogP contribution in [-0.4, -0.2) is 479 Å². The van der Waals surface area contributed by atoms with Crippen LogP contribution < -0.4 is 30.0 Å². The monoisotopic (exact) mass is 2090 g/mol. The Morgan fingerprint density at radius 1 is 0.142 bits per heavy atom. The van der Waals surface area contributed by atoms with E-state index in [0.717, 1.165) is 77.7 Å². The molecule has 0 heterocycles. The van der Waals surface area contributed by atoms with Crippen LogP contribution in [0.2, 0.25) is 0 Å². The van der Waals surface area contributed by atoms with Gasteiger partial charge in [-0.3, -0.25) is 0 Å². The number of methoxy groups -OCH3 is 8. The lowest BCUT2D eigenvalue weighted by Gasteiger charge is -2.25. The van der Waals surface area contributed by atoms with Gasteiger partial charge in [-0.15, -0.1) is 0 Å². The molecule has 0 saturated heterocycles. The summed E-state index contributed by atoms with van der Waals surface area (Å²) in [5.41, 5.74) is 8.22. The number of anilines is 4. The summed E-state index contributed by atoms with van der Waals surface area (Å²) in [5.74, 6) is 2.07. The van der Waals surface area contributed by atoms with Crippen LogP contribution in [0.1, 0.15) is 22.3 Å². The summed E-state index contributed by atoms with van der Waals surface area (Å²) >= 11 is 0. The number of hydrogen-bond acceptors (Lipinski definition) is 36. The van der Waals surface area contributed by atoms with E-state index in [2.05, 4.69) is 177 Å². The first kappa shape index (κ1) is 129. The largest absolute Gasteiger partial charge is 0.382 e. The molecule has 36 heteroatoms. The third-order valence-corrected chi connectivity index (χ3v) is 22.4. The zero-order chi connectivity index (χ0) is 105. The van der Waals surface area contributed by atoms with Gasteiger partial charge in [0.15, 0.2) is 0 Å². The van der Waals surface area contributed by atoms with Gasteiger partial charge in [0.1, 0.15) is 0 Å². The minimum atomic E-state index is 0.442. The third-order valence-electron chi connectivity index (χ3n) is 22.4. The highest BCUT2D eigenvalue weighted by molar-refractivity contribution is 5.69. The maximum Gasteiger partial charge on any atom is 0.0701 e.